The first-order valence-corrected chi connectivity index (χ1v) is 11.5. The number of pyridine rings is 1. The van der Waals surface area contributed by atoms with Gasteiger partial charge in [0.15, 0.2) is 0 Å². The molecule has 4 aliphatic carbocycles. The molecule has 0 aliphatic heterocycles. The first-order valence-electron chi connectivity index (χ1n) is 11.5. The summed E-state index contributed by atoms with van der Waals surface area (Å²) in [5.74, 6) is 2.95. The average Bonchev–Trinajstić information content (AvgIpc) is 2.73. The van der Waals surface area contributed by atoms with Gasteiger partial charge in [-0.25, -0.2) is 4.79 Å². The van der Waals surface area contributed by atoms with Crippen molar-refractivity contribution in [2.45, 2.75) is 63.2 Å². The van der Waals surface area contributed by atoms with Gasteiger partial charge in [0.2, 0.25) is 0 Å². The van der Waals surface area contributed by atoms with E-state index in [-0.39, 0.29) is 0 Å². The molecule has 6 rings (SSSR count). The number of rotatable bonds is 8. The Morgan fingerprint density at radius 1 is 1.00 bits per heavy atom. The van der Waals surface area contributed by atoms with E-state index in [1.165, 1.54) is 50.3 Å². The van der Waals surface area contributed by atoms with E-state index in [9.17, 15) is 9.90 Å². The monoisotopic (exact) mass is 405 g/mol. The van der Waals surface area contributed by atoms with Crippen LogP contribution in [0.2, 0.25) is 0 Å². The van der Waals surface area contributed by atoms with Gasteiger partial charge in [-0.3, -0.25) is 4.98 Å². The largest absolute Gasteiger partial charge is 0.494 e. The molecule has 4 heteroatoms. The molecule has 4 nitrogen and oxygen atoms in total. The second-order valence-corrected chi connectivity index (χ2v) is 9.87. The molecule has 0 unspecified atom stereocenters. The fourth-order valence-corrected chi connectivity index (χ4v) is 6.81. The van der Waals surface area contributed by atoms with Crippen LogP contribution < -0.4 is 4.74 Å². The van der Waals surface area contributed by atoms with Crippen molar-refractivity contribution >= 4 is 5.97 Å². The molecule has 1 aromatic heterocycles. The van der Waals surface area contributed by atoms with E-state index in [0.29, 0.717) is 24.0 Å². The number of benzene rings is 1. The first-order chi connectivity index (χ1) is 14.6. The molecule has 1 N–H and O–H groups in total. The zero-order valence-corrected chi connectivity index (χ0v) is 17.6. The SMILES string of the molecule is O=C(O)c1ccncc1CCCCOc1ccc(C23CC4CC(CC(C4)C2)C3)cc1. The molecule has 30 heavy (non-hydrogen) atoms. The number of carboxylic acid groups (broad SMARTS) is 1. The zero-order chi connectivity index (χ0) is 20.6. The van der Waals surface area contributed by atoms with Crippen LogP contribution in [-0.4, -0.2) is 22.7 Å². The van der Waals surface area contributed by atoms with Crippen molar-refractivity contribution in [3.63, 3.8) is 0 Å². The Morgan fingerprint density at radius 2 is 1.67 bits per heavy atom. The maximum atomic E-state index is 11.3. The standard InChI is InChI=1S/C26H31NO3/c28-25(29)24-8-9-27-17-21(24)3-1-2-10-30-23-6-4-22(5-7-23)26-14-18-11-19(15-26)13-20(12-18)16-26/h4-9,17-20H,1-3,10-16H2,(H,28,29). The Bertz CT molecular complexity index is 869. The molecular weight excluding hydrogens is 374 g/mol. The van der Waals surface area contributed by atoms with Gasteiger partial charge < -0.3 is 9.84 Å². The van der Waals surface area contributed by atoms with E-state index in [2.05, 4.69) is 29.2 Å². The van der Waals surface area contributed by atoms with Gasteiger partial charge in [-0.1, -0.05) is 12.1 Å². The molecule has 4 saturated carbocycles. The zero-order valence-electron chi connectivity index (χ0n) is 17.6. The third-order valence-electron chi connectivity index (χ3n) is 7.75. The number of unbranched alkanes of at least 4 members (excludes halogenated alkanes) is 1. The summed E-state index contributed by atoms with van der Waals surface area (Å²) in [4.78, 5) is 15.3. The molecular formula is C26H31NO3. The topological polar surface area (TPSA) is 59.4 Å². The van der Waals surface area contributed by atoms with Gasteiger partial charge in [0, 0.05) is 12.4 Å². The van der Waals surface area contributed by atoms with Crippen LogP contribution >= 0.6 is 0 Å². The Balaban J connectivity index is 1.12. The van der Waals surface area contributed by atoms with Crippen molar-refractivity contribution in [1.82, 2.24) is 4.98 Å². The summed E-state index contributed by atoms with van der Waals surface area (Å²) in [6, 6.07) is 10.5. The van der Waals surface area contributed by atoms with Gasteiger partial charge in [0.05, 0.1) is 12.2 Å². The van der Waals surface area contributed by atoms with E-state index in [1.54, 1.807) is 12.3 Å². The van der Waals surface area contributed by atoms with Gasteiger partial charge in [-0.2, -0.15) is 0 Å². The number of carbonyl (C=O) groups is 1. The van der Waals surface area contributed by atoms with Gasteiger partial charge >= 0.3 is 5.97 Å². The smallest absolute Gasteiger partial charge is 0.336 e. The number of ether oxygens (including phenoxy) is 1. The first kappa shape index (κ1) is 19.6. The van der Waals surface area contributed by atoms with Crippen LogP contribution in [0, 0.1) is 17.8 Å². The third-order valence-corrected chi connectivity index (χ3v) is 7.75. The van der Waals surface area contributed by atoms with Crippen LogP contribution in [0.15, 0.2) is 42.7 Å². The van der Waals surface area contributed by atoms with Crippen LogP contribution in [-0.2, 0) is 11.8 Å². The van der Waals surface area contributed by atoms with Crippen molar-refractivity contribution in [3.05, 3.63) is 59.4 Å². The molecule has 1 heterocycles. The molecule has 4 aliphatic rings. The van der Waals surface area contributed by atoms with E-state index in [4.69, 9.17) is 4.74 Å². The minimum atomic E-state index is -0.886. The highest BCUT2D eigenvalue weighted by Crippen LogP contribution is 2.60. The number of nitrogens with zero attached hydrogens (tertiary/aromatic N) is 1. The van der Waals surface area contributed by atoms with Crippen LogP contribution in [0.4, 0.5) is 0 Å². The van der Waals surface area contributed by atoms with E-state index < -0.39 is 5.97 Å². The molecule has 2 aromatic rings. The molecule has 0 amide bonds. The van der Waals surface area contributed by atoms with Crippen molar-refractivity contribution in [3.8, 4) is 5.75 Å². The number of aromatic nitrogens is 1. The number of carboxylic acids is 1. The molecule has 4 bridgehead atoms. The highest BCUT2D eigenvalue weighted by atomic mass is 16.5. The van der Waals surface area contributed by atoms with Crippen molar-refractivity contribution in [2.24, 2.45) is 17.8 Å². The normalized spacial score (nSPS) is 29.1. The average molecular weight is 406 g/mol. The van der Waals surface area contributed by atoms with Gasteiger partial charge in [0.1, 0.15) is 5.75 Å². The Kier molecular flexibility index (Phi) is 5.26. The lowest BCUT2D eigenvalue weighted by atomic mass is 9.48. The maximum Gasteiger partial charge on any atom is 0.336 e. The molecule has 1 aromatic carbocycles. The minimum absolute atomic E-state index is 0.353. The molecule has 158 valence electrons. The van der Waals surface area contributed by atoms with E-state index >= 15 is 0 Å². The summed E-state index contributed by atoms with van der Waals surface area (Å²) in [6.07, 6.45) is 14.3. The second kappa shape index (κ2) is 8.05. The number of aryl methyl sites for hydroxylation is 1. The maximum absolute atomic E-state index is 11.3. The van der Waals surface area contributed by atoms with Crippen LogP contribution in [0.5, 0.6) is 5.75 Å². The van der Waals surface area contributed by atoms with E-state index in [0.717, 1.165) is 41.9 Å². The van der Waals surface area contributed by atoms with Gasteiger partial charge in [-0.05, 0) is 110 Å². The predicted octanol–water partition coefficient (Wildman–Crippen LogP) is 5.65. The van der Waals surface area contributed by atoms with Crippen molar-refractivity contribution in [2.75, 3.05) is 6.61 Å². The quantitative estimate of drug-likeness (QED) is 0.577. The lowest BCUT2D eigenvalue weighted by Gasteiger charge is -2.57. The predicted molar refractivity (Wildman–Crippen MR) is 116 cm³/mol. The second-order valence-electron chi connectivity index (χ2n) is 9.87. The number of aromatic carboxylic acids is 1. The third kappa shape index (κ3) is 3.84. The number of hydrogen-bond acceptors (Lipinski definition) is 3. The molecule has 0 spiro atoms. The molecule has 4 fully saturated rings. The Morgan fingerprint density at radius 3 is 2.30 bits per heavy atom. The van der Waals surface area contributed by atoms with Crippen LogP contribution in [0.3, 0.4) is 0 Å². The molecule has 0 saturated heterocycles. The lowest BCUT2D eigenvalue weighted by molar-refractivity contribution is -0.00520. The van der Waals surface area contributed by atoms with Crippen molar-refractivity contribution < 1.29 is 14.6 Å². The van der Waals surface area contributed by atoms with Gasteiger partial charge in [0.25, 0.3) is 0 Å². The number of hydrogen-bond donors (Lipinski definition) is 1. The summed E-state index contributed by atoms with van der Waals surface area (Å²) in [5, 5.41) is 9.25. The Labute approximate surface area is 178 Å². The summed E-state index contributed by atoms with van der Waals surface area (Å²) in [7, 11) is 0. The molecule has 0 atom stereocenters. The minimum Gasteiger partial charge on any atom is -0.494 e. The fourth-order valence-electron chi connectivity index (χ4n) is 6.81. The van der Waals surface area contributed by atoms with E-state index in [1.807, 2.05) is 0 Å². The lowest BCUT2D eigenvalue weighted by Crippen LogP contribution is -2.48. The Hall–Kier alpha value is -2.36. The summed E-state index contributed by atoms with van der Waals surface area (Å²) < 4.78 is 5.96. The molecule has 0 radical (unpaired) electrons. The van der Waals surface area contributed by atoms with Gasteiger partial charge in [-0.15, -0.1) is 0 Å². The van der Waals surface area contributed by atoms with Crippen LogP contribution in [0.1, 0.15) is 72.9 Å². The van der Waals surface area contributed by atoms with Crippen LogP contribution in [0.25, 0.3) is 0 Å². The summed E-state index contributed by atoms with van der Waals surface area (Å²) >= 11 is 0. The fraction of sp³-hybridized carbons (Fsp3) is 0.538. The summed E-state index contributed by atoms with van der Waals surface area (Å²) in [6.45, 7) is 0.652. The highest BCUT2D eigenvalue weighted by Gasteiger charge is 2.51. The summed E-state index contributed by atoms with van der Waals surface area (Å²) in [5.41, 5.74) is 3.13. The van der Waals surface area contributed by atoms with Crippen molar-refractivity contribution in [1.29, 1.82) is 0 Å². The highest BCUT2D eigenvalue weighted by molar-refractivity contribution is 5.89.